The van der Waals surface area contributed by atoms with Crippen LogP contribution in [0, 0.1) is 10.1 Å². The standard InChI is InChI=1S/C23H25N3O8/c1-30-16-4-2-15(3-5-16)24-22(27)21(25-8-6-23(7-9-25)33-10-11-34-23)17-12-19-20(32-14-31-19)13-18(17)26(28)29/h2-5,12-13,21H,6-11,14H2,1H3,(H,24,27)/p+1. The number of nitro benzene ring substituents is 1. The van der Waals surface area contributed by atoms with Gasteiger partial charge in [0.05, 0.1) is 57.2 Å². The van der Waals surface area contributed by atoms with Gasteiger partial charge in [0, 0.05) is 11.8 Å². The summed E-state index contributed by atoms with van der Waals surface area (Å²) < 4.78 is 27.6. The fourth-order valence-electron chi connectivity index (χ4n) is 4.80. The van der Waals surface area contributed by atoms with E-state index in [9.17, 15) is 14.9 Å². The Labute approximate surface area is 195 Å². The highest BCUT2D eigenvalue weighted by Crippen LogP contribution is 2.40. The first kappa shape index (κ1) is 22.4. The van der Waals surface area contributed by atoms with Crippen LogP contribution in [0.4, 0.5) is 11.4 Å². The van der Waals surface area contributed by atoms with Gasteiger partial charge >= 0.3 is 0 Å². The SMILES string of the molecule is COc1ccc(NC(=O)C(c2cc3c(cc2[N+](=O)[O-])OCO3)[NH+]2CCC3(CC2)OCCO3)cc1. The minimum Gasteiger partial charge on any atom is -0.497 e. The number of anilines is 1. The summed E-state index contributed by atoms with van der Waals surface area (Å²) in [6.07, 6.45) is 1.18. The van der Waals surface area contributed by atoms with Gasteiger partial charge in [0.25, 0.3) is 11.6 Å². The lowest BCUT2D eigenvalue weighted by atomic mass is 9.96. The molecule has 180 valence electrons. The van der Waals surface area contributed by atoms with E-state index in [0.717, 1.165) is 4.90 Å². The Hall–Kier alpha value is -3.41. The van der Waals surface area contributed by atoms with Gasteiger partial charge in [-0.15, -0.1) is 0 Å². The molecule has 3 heterocycles. The molecule has 2 aromatic rings. The molecule has 34 heavy (non-hydrogen) atoms. The molecule has 0 saturated carbocycles. The van der Waals surface area contributed by atoms with Crippen molar-refractivity contribution in [3.05, 3.63) is 52.1 Å². The third kappa shape index (κ3) is 4.25. The lowest BCUT2D eigenvalue weighted by molar-refractivity contribution is -0.930. The van der Waals surface area contributed by atoms with E-state index in [0.29, 0.717) is 62.1 Å². The summed E-state index contributed by atoms with van der Waals surface area (Å²) in [5.41, 5.74) is 0.661. The number of rotatable bonds is 6. The van der Waals surface area contributed by atoms with Crippen molar-refractivity contribution in [2.24, 2.45) is 0 Å². The maximum Gasteiger partial charge on any atom is 0.287 e. The van der Waals surface area contributed by atoms with E-state index in [1.54, 1.807) is 37.4 Å². The molecule has 2 fully saturated rings. The molecule has 1 amide bonds. The maximum atomic E-state index is 13.6. The van der Waals surface area contributed by atoms with Crippen LogP contribution in [0.1, 0.15) is 24.4 Å². The number of ether oxygens (including phenoxy) is 5. The van der Waals surface area contributed by atoms with Gasteiger partial charge < -0.3 is 33.9 Å². The monoisotopic (exact) mass is 472 g/mol. The van der Waals surface area contributed by atoms with Crippen molar-refractivity contribution in [1.82, 2.24) is 0 Å². The Morgan fingerprint density at radius 1 is 1.12 bits per heavy atom. The van der Waals surface area contributed by atoms with Crippen molar-refractivity contribution in [3.8, 4) is 17.2 Å². The number of nitrogens with one attached hydrogen (secondary N) is 2. The number of hydrogen-bond acceptors (Lipinski definition) is 8. The van der Waals surface area contributed by atoms with Crippen molar-refractivity contribution >= 4 is 17.3 Å². The van der Waals surface area contributed by atoms with Crippen LogP contribution < -0.4 is 24.4 Å². The highest BCUT2D eigenvalue weighted by atomic mass is 16.7. The first-order valence-electron chi connectivity index (χ1n) is 11.1. The molecular weight excluding hydrogens is 446 g/mol. The van der Waals surface area contributed by atoms with Crippen LogP contribution in [0.3, 0.4) is 0 Å². The summed E-state index contributed by atoms with van der Waals surface area (Å²) in [7, 11) is 1.56. The zero-order chi connectivity index (χ0) is 23.7. The summed E-state index contributed by atoms with van der Waals surface area (Å²) in [4.78, 5) is 26.0. The van der Waals surface area contributed by atoms with Crippen LogP contribution in [0.15, 0.2) is 36.4 Å². The molecule has 11 heteroatoms. The van der Waals surface area contributed by atoms with Crippen molar-refractivity contribution in [2.45, 2.75) is 24.7 Å². The molecule has 5 rings (SSSR count). The molecule has 0 bridgehead atoms. The van der Waals surface area contributed by atoms with E-state index in [4.69, 9.17) is 23.7 Å². The zero-order valence-electron chi connectivity index (χ0n) is 18.7. The number of nitro groups is 1. The zero-order valence-corrected chi connectivity index (χ0v) is 18.7. The predicted octanol–water partition coefficient (Wildman–Crippen LogP) is 1.43. The van der Waals surface area contributed by atoms with Crippen LogP contribution in [-0.2, 0) is 14.3 Å². The van der Waals surface area contributed by atoms with Gasteiger partial charge in [0.15, 0.2) is 23.3 Å². The fraction of sp³-hybridized carbons (Fsp3) is 0.435. The number of methoxy groups -OCH3 is 1. The predicted molar refractivity (Wildman–Crippen MR) is 118 cm³/mol. The normalized spacial score (nSPS) is 19.7. The van der Waals surface area contributed by atoms with Crippen LogP contribution in [-0.4, -0.2) is 56.8 Å². The Kier molecular flexibility index (Phi) is 5.98. The van der Waals surface area contributed by atoms with E-state index in [-0.39, 0.29) is 24.0 Å². The van der Waals surface area contributed by atoms with Crippen molar-refractivity contribution in [1.29, 1.82) is 0 Å². The number of carbonyl (C=O) groups excluding carboxylic acids is 1. The first-order valence-corrected chi connectivity index (χ1v) is 11.1. The second kappa shape index (κ2) is 9.09. The minimum absolute atomic E-state index is 0.0214. The maximum absolute atomic E-state index is 13.6. The topological polar surface area (TPSA) is 123 Å². The molecule has 11 nitrogen and oxygen atoms in total. The number of carbonyl (C=O) groups is 1. The minimum atomic E-state index is -0.851. The summed E-state index contributed by atoms with van der Waals surface area (Å²) in [5.74, 6) is 0.362. The second-order valence-electron chi connectivity index (χ2n) is 8.44. The number of hydrogen-bond donors (Lipinski definition) is 2. The quantitative estimate of drug-likeness (QED) is 0.478. The van der Waals surface area contributed by atoms with Gasteiger partial charge in [-0.25, -0.2) is 0 Å². The van der Waals surface area contributed by atoms with E-state index in [1.807, 2.05) is 0 Å². The Bertz CT molecular complexity index is 1070. The molecule has 0 radical (unpaired) electrons. The molecule has 1 unspecified atom stereocenters. The van der Waals surface area contributed by atoms with Crippen LogP contribution in [0.5, 0.6) is 17.2 Å². The number of quaternary nitrogens is 1. The van der Waals surface area contributed by atoms with Gasteiger partial charge in [0.1, 0.15) is 11.3 Å². The molecule has 0 aliphatic carbocycles. The lowest BCUT2D eigenvalue weighted by Gasteiger charge is -2.38. The molecule has 1 atom stereocenters. The average molecular weight is 472 g/mol. The van der Waals surface area contributed by atoms with E-state index >= 15 is 0 Å². The smallest absolute Gasteiger partial charge is 0.287 e. The van der Waals surface area contributed by atoms with Gasteiger partial charge in [-0.05, 0) is 24.3 Å². The molecular formula is C23H26N3O8+. The van der Waals surface area contributed by atoms with Crippen LogP contribution in [0.25, 0.3) is 0 Å². The third-order valence-electron chi connectivity index (χ3n) is 6.53. The van der Waals surface area contributed by atoms with Gasteiger partial charge in [0.2, 0.25) is 6.79 Å². The Morgan fingerprint density at radius 3 is 2.38 bits per heavy atom. The van der Waals surface area contributed by atoms with Crippen molar-refractivity contribution < 1.29 is 38.3 Å². The Morgan fingerprint density at radius 2 is 1.76 bits per heavy atom. The lowest BCUT2D eigenvalue weighted by Crippen LogP contribution is -3.15. The number of likely N-dealkylation sites (tertiary alicyclic amines) is 1. The number of benzene rings is 2. The Balaban J connectivity index is 1.48. The summed E-state index contributed by atoms with van der Waals surface area (Å²) >= 11 is 0. The van der Waals surface area contributed by atoms with Crippen LogP contribution >= 0.6 is 0 Å². The number of fused-ring (bicyclic) bond motifs is 1. The van der Waals surface area contributed by atoms with E-state index < -0.39 is 16.8 Å². The molecule has 2 saturated heterocycles. The van der Waals surface area contributed by atoms with E-state index in [1.165, 1.54) is 6.07 Å². The molecule has 3 aliphatic rings. The third-order valence-corrected chi connectivity index (χ3v) is 6.53. The van der Waals surface area contributed by atoms with Crippen molar-refractivity contribution in [3.63, 3.8) is 0 Å². The molecule has 2 aromatic carbocycles. The van der Waals surface area contributed by atoms with Gasteiger partial charge in [-0.3, -0.25) is 14.9 Å². The van der Waals surface area contributed by atoms with Crippen LogP contribution in [0.2, 0.25) is 0 Å². The second-order valence-corrected chi connectivity index (χ2v) is 8.44. The largest absolute Gasteiger partial charge is 0.497 e. The van der Waals surface area contributed by atoms with Crippen molar-refractivity contribution in [2.75, 3.05) is 45.5 Å². The summed E-state index contributed by atoms with van der Waals surface area (Å²) in [5, 5.41) is 14.9. The fourth-order valence-corrected chi connectivity index (χ4v) is 4.80. The molecule has 3 aliphatic heterocycles. The summed E-state index contributed by atoms with van der Waals surface area (Å²) in [6.45, 7) is 2.17. The molecule has 0 aromatic heterocycles. The number of amides is 1. The highest BCUT2D eigenvalue weighted by Gasteiger charge is 2.47. The first-order chi connectivity index (χ1) is 16.5. The summed E-state index contributed by atoms with van der Waals surface area (Å²) in [6, 6.07) is 8.96. The number of piperidine rings is 1. The van der Waals surface area contributed by atoms with Gasteiger partial charge in [-0.1, -0.05) is 0 Å². The van der Waals surface area contributed by atoms with Gasteiger partial charge in [-0.2, -0.15) is 0 Å². The van der Waals surface area contributed by atoms with E-state index in [2.05, 4.69) is 5.32 Å². The molecule has 1 spiro atoms. The molecule has 2 N–H and O–H groups in total. The average Bonchev–Trinajstić information content (AvgIpc) is 3.50. The highest BCUT2D eigenvalue weighted by molar-refractivity contribution is 5.95. The number of nitrogens with zero attached hydrogens (tertiary/aromatic N) is 1.